The van der Waals surface area contributed by atoms with Gasteiger partial charge in [-0.05, 0) is 36.4 Å². The minimum Gasteiger partial charge on any atom is -0.507 e. The van der Waals surface area contributed by atoms with Gasteiger partial charge in [-0.2, -0.15) is 5.10 Å². The molecule has 1 heterocycles. The zero-order valence-electron chi connectivity index (χ0n) is 13.8. The van der Waals surface area contributed by atoms with Gasteiger partial charge in [0.25, 0.3) is 0 Å². The third kappa shape index (κ3) is 4.07. The van der Waals surface area contributed by atoms with Gasteiger partial charge < -0.3 is 14.6 Å². The van der Waals surface area contributed by atoms with Crippen molar-refractivity contribution in [3.8, 4) is 28.5 Å². The van der Waals surface area contributed by atoms with Crippen LogP contribution in [0.2, 0.25) is 0 Å². The van der Waals surface area contributed by atoms with Crippen molar-refractivity contribution in [1.82, 2.24) is 4.98 Å². The predicted octanol–water partition coefficient (Wildman–Crippen LogP) is 3.98. The highest BCUT2D eigenvalue weighted by molar-refractivity contribution is 7.14. The monoisotopic (exact) mass is 355 g/mol. The van der Waals surface area contributed by atoms with Gasteiger partial charge in [0, 0.05) is 22.6 Å². The van der Waals surface area contributed by atoms with Crippen molar-refractivity contribution in [2.24, 2.45) is 5.10 Å². The molecule has 2 aromatic carbocycles. The lowest BCUT2D eigenvalue weighted by Crippen LogP contribution is -1.91. The van der Waals surface area contributed by atoms with Crippen molar-refractivity contribution in [2.75, 3.05) is 19.6 Å². The number of methoxy groups -OCH3 is 2. The summed E-state index contributed by atoms with van der Waals surface area (Å²) in [4.78, 5) is 4.49. The summed E-state index contributed by atoms with van der Waals surface area (Å²) in [6.07, 6.45) is 1.53. The fourth-order valence-electron chi connectivity index (χ4n) is 2.14. The summed E-state index contributed by atoms with van der Waals surface area (Å²) in [6, 6.07) is 12.7. The van der Waals surface area contributed by atoms with Crippen LogP contribution in [0.25, 0.3) is 11.3 Å². The number of hydrazone groups is 1. The summed E-state index contributed by atoms with van der Waals surface area (Å²) in [5.41, 5.74) is 5.32. The van der Waals surface area contributed by atoms with Crippen LogP contribution in [0, 0.1) is 0 Å². The molecule has 0 amide bonds. The van der Waals surface area contributed by atoms with Crippen LogP contribution in [0.5, 0.6) is 17.2 Å². The summed E-state index contributed by atoms with van der Waals surface area (Å²) in [5.74, 6) is 1.50. The second kappa shape index (κ2) is 7.67. The normalized spacial score (nSPS) is 10.8. The Morgan fingerprint density at radius 3 is 2.48 bits per heavy atom. The lowest BCUT2D eigenvalue weighted by atomic mass is 10.2. The molecule has 0 saturated carbocycles. The SMILES string of the molecule is COc1ccc(-c2csc(N/N=C/c3ccc(OC)cc3O)n2)cc1. The second-order valence-corrected chi connectivity index (χ2v) is 5.92. The molecule has 0 fully saturated rings. The molecule has 2 N–H and O–H groups in total. The van der Waals surface area contributed by atoms with Crippen LogP contribution in [0.4, 0.5) is 5.13 Å². The number of nitrogens with zero attached hydrogens (tertiary/aromatic N) is 2. The van der Waals surface area contributed by atoms with Crippen LogP contribution < -0.4 is 14.9 Å². The van der Waals surface area contributed by atoms with Crippen LogP contribution in [0.3, 0.4) is 0 Å². The predicted molar refractivity (Wildman–Crippen MR) is 100.0 cm³/mol. The number of phenols is 1. The quantitative estimate of drug-likeness (QED) is 0.517. The maximum atomic E-state index is 9.89. The molecule has 6 nitrogen and oxygen atoms in total. The van der Waals surface area contributed by atoms with Gasteiger partial charge >= 0.3 is 0 Å². The molecule has 1 aromatic heterocycles. The minimum absolute atomic E-state index is 0.1000. The van der Waals surface area contributed by atoms with Crippen LogP contribution in [-0.2, 0) is 0 Å². The van der Waals surface area contributed by atoms with Gasteiger partial charge in [0.2, 0.25) is 5.13 Å². The first kappa shape index (κ1) is 16.8. The molecule has 0 spiro atoms. The highest BCUT2D eigenvalue weighted by Gasteiger charge is 2.05. The lowest BCUT2D eigenvalue weighted by Gasteiger charge is -2.02. The van der Waals surface area contributed by atoms with E-state index in [9.17, 15) is 5.11 Å². The summed E-state index contributed by atoms with van der Waals surface area (Å²) in [7, 11) is 3.19. The van der Waals surface area contributed by atoms with Gasteiger partial charge in [0.15, 0.2) is 0 Å². The molecule has 0 aliphatic carbocycles. The highest BCUT2D eigenvalue weighted by Crippen LogP contribution is 2.26. The fraction of sp³-hybridized carbons (Fsp3) is 0.111. The Hall–Kier alpha value is -3.06. The molecular formula is C18H17N3O3S. The fourth-order valence-corrected chi connectivity index (χ4v) is 2.80. The molecule has 0 atom stereocenters. The van der Waals surface area contributed by atoms with E-state index in [1.165, 1.54) is 23.6 Å². The Bertz CT molecular complexity index is 876. The molecule has 0 saturated heterocycles. The molecule has 3 aromatic rings. The Labute approximate surface area is 149 Å². The van der Waals surface area contributed by atoms with Crippen molar-refractivity contribution >= 4 is 22.7 Å². The largest absolute Gasteiger partial charge is 0.507 e. The summed E-state index contributed by atoms with van der Waals surface area (Å²) >= 11 is 1.45. The molecule has 0 bridgehead atoms. The van der Waals surface area contributed by atoms with E-state index < -0.39 is 0 Å². The molecular weight excluding hydrogens is 338 g/mol. The number of nitrogens with one attached hydrogen (secondary N) is 1. The number of aromatic nitrogens is 1. The topological polar surface area (TPSA) is 76.0 Å². The van der Waals surface area contributed by atoms with E-state index in [-0.39, 0.29) is 5.75 Å². The van der Waals surface area contributed by atoms with Crippen LogP contribution in [0.1, 0.15) is 5.56 Å². The smallest absolute Gasteiger partial charge is 0.203 e. The Kier molecular flexibility index (Phi) is 5.15. The Balaban J connectivity index is 1.67. The first-order valence-corrected chi connectivity index (χ1v) is 8.33. The second-order valence-electron chi connectivity index (χ2n) is 5.06. The first-order chi connectivity index (χ1) is 12.2. The van der Waals surface area contributed by atoms with Crippen molar-refractivity contribution < 1.29 is 14.6 Å². The van der Waals surface area contributed by atoms with E-state index in [1.807, 2.05) is 29.6 Å². The summed E-state index contributed by atoms with van der Waals surface area (Å²) in [6.45, 7) is 0. The van der Waals surface area contributed by atoms with E-state index in [4.69, 9.17) is 9.47 Å². The highest BCUT2D eigenvalue weighted by atomic mass is 32.1. The number of rotatable bonds is 6. The van der Waals surface area contributed by atoms with Gasteiger partial charge in [0.05, 0.1) is 26.1 Å². The molecule has 0 radical (unpaired) electrons. The summed E-state index contributed by atoms with van der Waals surface area (Å²) < 4.78 is 10.2. The van der Waals surface area contributed by atoms with Crippen molar-refractivity contribution in [3.63, 3.8) is 0 Å². The van der Waals surface area contributed by atoms with E-state index in [0.717, 1.165) is 17.0 Å². The molecule has 3 rings (SSSR count). The van der Waals surface area contributed by atoms with Gasteiger partial charge in [-0.15, -0.1) is 11.3 Å². The average molecular weight is 355 g/mol. The van der Waals surface area contributed by atoms with Crippen LogP contribution >= 0.6 is 11.3 Å². The van der Waals surface area contributed by atoms with Gasteiger partial charge in [-0.25, -0.2) is 4.98 Å². The number of hydrogen-bond donors (Lipinski definition) is 2. The molecule has 0 unspecified atom stereocenters. The molecule has 0 aliphatic heterocycles. The van der Waals surface area contributed by atoms with Crippen LogP contribution in [0.15, 0.2) is 52.9 Å². The zero-order chi connectivity index (χ0) is 17.6. The number of aromatic hydroxyl groups is 1. The van der Waals surface area contributed by atoms with E-state index in [1.54, 1.807) is 26.4 Å². The minimum atomic E-state index is 0.1000. The first-order valence-electron chi connectivity index (χ1n) is 7.45. The van der Waals surface area contributed by atoms with E-state index in [2.05, 4.69) is 15.5 Å². The van der Waals surface area contributed by atoms with Gasteiger partial charge in [-0.3, -0.25) is 5.43 Å². The summed E-state index contributed by atoms with van der Waals surface area (Å²) in [5, 5.41) is 16.6. The molecule has 128 valence electrons. The molecule has 7 heteroatoms. The average Bonchev–Trinajstić information content (AvgIpc) is 3.12. The van der Waals surface area contributed by atoms with Crippen molar-refractivity contribution in [1.29, 1.82) is 0 Å². The number of hydrogen-bond acceptors (Lipinski definition) is 7. The van der Waals surface area contributed by atoms with Crippen molar-refractivity contribution in [3.05, 3.63) is 53.4 Å². The number of thiazole rings is 1. The van der Waals surface area contributed by atoms with Gasteiger partial charge in [0.1, 0.15) is 17.2 Å². The maximum Gasteiger partial charge on any atom is 0.203 e. The number of anilines is 1. The Morgan fingerprint density at radius 1 is 1.08 bits per heavy atom. The molecule has 25 heavy (non-hydrogen) atoms. The number of benzene rings is 2. The zero-order valence-corrected chi connectivity index (χ0v) is 14.6. The van der Waals surface area contributed by atoms with E-state index >= 15 is 0 Å². The molecule has 0 aliphatic rings. The number of phenolic OH excluding ortho intramolecular Hbond substituents is 1. The van der Waals surface area contributed by atoms with Crippen molar-refractivity contribution in [2.45, 2.75) is 0 Å². The lowest BCUT2D eigenvalue weighted by molar-refractivity contribution is 0.407. The standard InChI is InChI=1S/C18H17N3O3S/c1-23-14-6-3-12(4-7-14)16-11-25-18(20-16)21-19-10-13-5-8-15(24-2)9-17(13)22/h3-11,22H,1-2H3,(H,20,21)/b19-10+. The van der Waals surface area contributed by atoms with E-state index in [0.29, 0.717) is 16.4 Å². The van der Waals surface area contributed by atoms with Crippen LogP contribution in [-0.4, -0.2) is 30.5 Å². The number of ether oxygens (including phenoxy) is 2. The Morgan fingerprint density at radius 2 is 1.80 bits per heavy atom. The third-order valence-electron chi connectivity index (χ3n) is 3.49. The maximum absolute atomic E-state index is 9.89. The van der Waals surface area contributed by atoms with Gasteiger partial charge in [-0.1, -0.05) is 0 Å². The third-order valence-corrected chi connectivity index (χ3v) is 4.24.